The molecule has 110 valence electrons. The van der Waals surface area contributed by atoms with E-state index in [0.29, 0.717) is 5.92 Å². The summed E-state index contributed by atoms with van der Waals surface area (Å²) in [5.74, 6) is 0.604. The molecule has 0 aliphatic heterocycles. The highest BCUT2D eigenvalue weighted by atomic mass is 32.1. The molecule has 3 heteroatoms. The van der Waals surface area contributed by atoms with Crippen molar-refractivity contribution in [3.05, 3.63) is 51.0 Å². The number of nitrogens with one attached hydrogen (secondary N) is 1. The quantitative estimate of drug-likeness (QED) is 0.907. The van der Waals surface area contributed by atoms with Crippen molar-refractivity contribution >= 4 is 11.3 Å². The van der Waals surface area contributed by atoms with Crippen molar-refractivity contribution in [3.63, 3.8) is 0 Å². The SMILES string of the molecule is CCc1nc(C2Cc3ccccc3C2)sc1CNC1CC1. The van der Waals surface area contributed by atoms with E-state index in [1.54, 1.807) is 0 Å². The molecule has 0 atom stereocenters. The number of aromatic nitrogens is 1. The van der Waals surface area contributed by atoms with Crippen LogP contribution in [0.25, 0.3) is 0 Å². The molecule has 0 unspecified atom stereocenters. The number of hydrogen-bond donors (Lipinski definition) is 1. The molecule has 0 bridgehead atoms. The smallest absolute Gasteiger partial charge is 0.0969 e. The molecule has 1 aromatic heterocycles. The van der Waals surface area contributed by atoms with Crippen LogP contribution in [0, 0.1) is 0 Å². The molecule has 2 nitrogen and oxygen atoms in total. The average molecular weight is 298 g/mol. The molecular formula is C18H22N2S. The van der Waals surface area contributed by atoms with E-state index >= 15 is 0 Å². The number of nitrogens with zero attached hydrogens (tertiary/aromatic N) is 1. The lowest BCUT2D eigenvalue weighted by Gasteiger charge is -2.03. The van der Waals surface area contributed by atoms with Crippen LogP contribution in [0.2, 0.25) is 0 Å². The molecule has 2 aliphatic rings. The van der Waals surface area contributed by atoms with E-state index in [-0.39, 0.29) is 0 Å². The number of thiazole rings is 1. The van der Waals surface area contributed by atoms with E-state index < -0.39 is 0 Å². The van der Waals surface area contributed by atoms with Crippen LogP contribution in [0.1, 0.15) is 52.4 Å². The van der Waals surface area contributed by atoms with Crippen molar-refractivity contribution < 1.29 is 0 Å². The summed E-state index contributed by atoms with van der Waals surface area (Å²) in [5, 5.41) is 5.00. The molecule has 21 heavy (non-hydrogen) atoms. The maximum atomic E-state index is 4.97. The fourth-order valence-electron chi connectivity index (χ4n) is 3.25. The largest absolute Gasteiger partial charge is 0.309 e. The zero-order valence-corrected chi connectivity index (χ0v) is 13.4. The first-order chi connectivity index (χ1) is 10.3. The van der Waals surface area contributed by atoms with Crippen LogP contribution >= 0.6 is 11.3 Å². The van der Waals surface area contributed by atoms with Gasteiger partial charge in [0.15, 0.2) is 0 Å². The van der Waals surface area contributed by atoms with E-state index in [1.165, 1.54) is 52.4 Å². The first kappa shape index (κ1) is 13.5. The number of hydrogen-bond acceptors (Lipinski definition) is 3. The Labute approximate surface area is 130 Å². The second-order valence-corrected chi connectivity index (χ2v) is 7.42. The normalized spacial score (nSPS) is 18.1. The molecule has 0 amide bonds. The van der Waals surface area contributed by atoms with E-state index in [2.05, 4.69) is 36.5 Å². The third-order valence-corrected chi connectivity index (χ3v) is 5.92. The molecule has 1 N–H and O–H groups in total. The predicted octanol–water partition coefficient (Wildman–Crippen LogP) is 3.84. The molecule has 2 aromatic rings. The van der Waals surface area contributed by atoms with Gasteiger partial charge in [-0.3, -0.25) is 0 Å². The fraction of sp³-hybridized carbons (Fsp3) is 0.500. The van der Waals surface area contributed by atoms with Gasteiger partial charge in [0.25, 0.3) is 0 Å². The molecule has 1 fully saturated rings. The number of fused-ring (bicyclic) bond motifs is 1. The van der Waals surface area contributed by atoms with Gasteiger partial charge in [-0.1, -0.05) is 31.2 Å². The molecule has 0 spiro atoms. The van der Waals surface area contributed by atoms with Crippen molar-refractivity contribution in [2.24, 2.45) is 0 Å². The van der Waals surface area contributed by atoms with Crippen molar-refractivity contribution in [2.45, 2.75) is 57.5 Å². The maximum Gasteiger partial charge on any atom is 0.0969 e. The number of benzene rings is 1. The Hall–Kier alpha value is -1.19. The Morgan fingerprint density at radius 1 is 1.19 bits per heavy atom. The summed E-state index contributed by atoms with van der Waals surface area (Å²) in [6, 6.07) is 9.64. The van der Waals surface area contributed by atoms with Crippen LogP contribution in [0.5, 0.6) is 0 Å². The van der Waals surface area contributed by atoms with Crippen LogP contribution in [0.15, 0.2) is 24.3 Å². The van der Waals surface area contributed by atoms with Gasteiger partial charge in [0.05, 0.1) is 10.7 Å². The number of rotatable bonds is 5. The predicted molar refractivity (Wildman–Crippen MR) is 87.9 cm³/mol. The lowest BCUT2D eigenvalue weighted by atomic mass is 10.1. The summed E-state index contributed by atoms with van der Waals surface area (Å²) in [4.78, 5) is 6.44. The third-order valence-electron chi connectivity index (χ3n) is 4.66. The minimum atomic E-state index is 0.604. The highest BCUT2D eigenvalue weighted by Crippen LogP contribution is 2.37. The van der Waals surface area contributed by atoms with E-state index in [0.717, 1.165) is 19.0 Å². The molecule has 0 saturated heterocycles. The van der Waals surface area contributed by atoms with E-state index in [1.807, 2.05) is 11.3 Å². The summed E-state index contributed by atoms with van der Waals surface area (Å²) in [6.45, 7) is 3.24. The first-order valence-corrected chi connectivity index (χ1v) is 8.93. The molecule has 1 aromatic carbocycles. The fourth-order valence-corrected chi connectivity index (χ4v) is 4.46. The Morgan fingerprint density at radius 2 is 1.90 bits per heavy atom. The molecule has 1 heterocycles. The summed E-state index contributed by atoms with van der Waals surface area (Å²) in [6.07, 6.45) is 6.10. The average Bonchev–Trinajstić information content (AvgIpc) is 3.09. The van der Waals surface area contributed by atoms with Gasteiger partial charge in [0.2, 0.25) is 0 Å². The van der Waals surface area contributed by atoms with Crippen molar-refractivity contribution in [1.29, 1.82) is 0 Å². The van der Waals surface area contributed by atoms with Gasteiger partial charge in [-0.2, -0.15) is 0 Å². The minimum Gasteiger partial charge on any atom is -0.309 e. The van der Waals surface area contributed by atoms with E-state index in [9.17, 15) is 0 Å². The summed E-state index contributed by atoms with van der Waals surface area (Å²) < 4.78 is 0. The van der Waals surface area contributed by atoms with Crippen LogP contribution in [0.4, 0.5) is 0 Å². The minimum absolute atomic E-state index is 0.604. The zero-order valence-electron chi connectivity index (χ0n) is 12.6. The Balaban J connectivity index is 1.52. The van der Waals surface area contributed by atoms with Crippen LogP contribution in [-0.4, -0.2) is 11.0 Å². The standard InChI is InChI=1S/C18H22N2S/c1-2-16-17(11-19-15-7-8-15)21-18(20-16)14-9-12-5-3-4-6-13(12)10-14/h3-6,14-15,19H,2,7-11H2,1H3. The van der Waals surface area contributed by atoms with Gasteiger partial charge >= 0.3 is 0 Å². The monoisotopic (exact) mass is 298 g/mol. The van der Waals surface area contributed by atoms with Gasteiger partial charge in [0.1, 0.15) is 0 Å². The van der Waals surface area contributed by atoms with Gasteiger partial charge < -0.3 is 5.32 Å². The second kappa shape index (κ2) is 5.54. The molecule has 4 rings (SSSR count). The van der Waals surface area contributed by atoms with Gasteiger partial charge in [0, 0.05) is 23.4 Å². The van der Waals surface area contributed by atoms with Gasteiger partial charge in [-0.15, -0.1) is 11.3 Å². The zero-order chi connectivity index (χ0) is 14.2. The summed E-state index contributed by atoms with van der Waals surface area (Å²) in [7, 11) is 0. The van der Waals surface area contributed by atoms with Crippen molar-refractivity contribution in [2.75, 3.05) is 0 Å². The Bertz CT molecular complexity index is 617. The lowest BCUT2D eigenvalue weighted by Crippen LogP contribution is -2.15. The summed E-state index contributed by atoms with van der Waals surface area (Å²) in [5.41, 5.74) is 4.36. The van der Waals surface area contributed by atoms with Crippen molar-refractivity contribution in [1.82, 2.24) is 10.3 Å². The van der Waals surface area contributed by atoms with Crippen LogP contribution in [0.3, 0.4) is 0 Å². The molecule has 2 aliphatic carbocycles. The second-order valence-electron chi connectivity index (χ2n) is 6.30. The Morgan fingerprint density at radius 3 is 2.52 bits per heavy atom. The molecular weight excluding hydrogens is 276 g/mol. The first-order valence-electron chi connectivity index (χ1n) is 8.12. The Kier molecular flexibility index (Phi) is 3.56. The molecule has 0 radical (unpaired) electrons. The molecule has 1 saturated carbocycles. The van der Waals surface area contributed by atoms with Gasteiger partial charge in [-0.25, -0.2) is 4.98 Å². The lowest BCUT2D eigenvalue weighted by molar-refractivity contribution is 0.688. The summed E-state index contributed by atoms with van der Waals surface area (Å²) >= 11 is 1.95. The highest BCUT2D eigenvalue weighted by Gasteiger charge is 2.27. The highest BCUT2D eigenvalue weighted by molar-refractivity contribution is 7.11. The van der Waals surface area contributed by atoms with Crippen LogP contribution < -0.4 is 5.32 Å². The number of aryl methyl sites for hydroxylation is 1. The van der Waals surface area contributed by atoms with Gasteiger partial charge in [-0.05, 0) is 43.2 Å². The maximum absolute atomic E-state index is 4.97. The third kappa shape index (κ3) is 2.77. The van der Waals surface area contributed by atoms with Crippen molar-refractivity contribution in [3.8, 4) is 0 Å². The van der Waals surface area contributed by atoms with Crippen LogP contribution in [-0.2, 0) is 25.8 Å². The van der Waals surface area contributed by atoms with E-state index in [4.69, 9.17) is 4.98 Å². The topological polar surface area (TPSA) is 24.9 Å².